The van der Waals surface area contributed by atoms with Crippen LogP contribution < -0.4 is 5.32 Å². The summed E-state index contributed by atoms with van der Waals surface area (Å²) in [5, 5.41) is 13.8. The van der Waals surface area contributed by atoms with Crippen molar-refractivity contribution in [3.63, 3.8) is 0 Å². The molecule has 0 saturated carbocycles. The van der Waals surface area contributed by atoms with E-state index in [1.165, 1.54) is 0 Å². The average Bonchev–Trinajstić information content (AvgIpc) is 3.01. The number of rotatable bonds is 4. The molecule has 3 rings (SSSR count). The molecule has 0 radical (unpaired) electrons. The van der Waals surface area contributed by atoms with Crippen molar-refractivity contribution in [2.24, 2.45) is 0 Å². The molecule has 0 bridgehead atoms. The van der Waals surface area contributed by atoms with E-state index in [1.807, 2.05) is 31.2 Å². The molecule has 1 fully saturated rings. The van der Waals surface area contributed by atoms with E-state index in [9.17, 15) is 5.26 Å². The molecule has 1 N–H and O–H groups in total. The van der Waals surface area contributed by atoms with Gasteiger partial charge in [-0.1, -0.05) is 12.1 Å². The van der Waals surface area contributed by atoms with E-state index in [2.05, 4.69) is 22.4 Å². The molecule has 2 atom stereocenters. The number of hydrogen-bond donors (Lipinski definition) is 1. The fourth-order valence-electron chi connectivity index (χ4n) is 2.72. The molecule has 1 aliphatic heterocycles. The highest BCUT2D eigenvalue weighted by molar-refractivity contribution is 5.79. The van der Waals surface area contributed by atoms with Gasteiger partial charge in [0.2, 0.25) is 0 Å². The van der Waals surface area contributed by atoms with E-state index in [0.29, 0.717) is 0 Å². The third kappa shape index (κ3) is 3.21. The molecule has 0 aliphatic carbocycles. The largest absolute Gasteiger partial charge is 0.377 e. The lowest BCUT2D eigenvalue weighted by Crippen LogP contribution is -2.29. The zero-order valence-corrected chi connectivity index (χ0v) is 12.2. The van der Waals surface area contributed by atoms with E-state index in [1.54, 1.807) is 0 Å². The molecule has 108 valence electrons. The third-order valence-electron chi connectivity index (χ3n) is 3.89. The summed E-state index contributed by atoms with van der Waals surface area (Å²) in [4.78, 5) is 4.49. The highest BCUT2D eigenvalue weighted by Crippen LogP contribution is 2.20. The number of pyridine rings is 1. The topological polar surface area (TPSA) is 57.9 Å². The molecule has 1 saturated heterocycles. The summed E-state index contributed by atoms with van der Waals surface area (Å²) in [7, 11) is 0. The van der Waals surface area contributed by atoms with Crippen molar-refractivity contribution in [1.29, 1.82) is 5.26 Å². The molecule has 4 nitrogen and oxygen atoms in total. The van der Waals surface area contributed by atoms with Crippen LogP contribution in [0.4, 0.5) is 0 Å². The van der Waals surface area contributed by atoms with Crippen LogP contribution in [0.2, 0.25) is 0 Å². The SMILES string of the molecule is Cc1ccc2cc(C(C#N)NCC3CCCO3)ccc2n1. The van der Waals surface area contributed by atoms with E-state index < -0.39 is 0 Å². The predicted octanol–water partition coefficient (Wildman–Crippen LogP) is 2.88. The fraction of sp³-hybridized carbons (Fsp3) is 0.412. The third-order valence-corrected chi connectivity index (χ3v) is 3.89. The highest BCUT2D eigenvalue weighted by atomic mass is 16.5. The first-order valence-corrected chi connectivity index (χ1v) is 7.38. The quantitative estimate of drug-likeness (QED) is 0.936. The second kappa shape index (κ2) is 6.21. The first kappa shape index (κ1) is 14.0. The Balaban J connectivity index is 1.76. The Bertz CT molecular complexity index is 671. The summed E-state index contributed by atoms with van der Waals surface area (Å²) in [6, 6.07) is 12.1. The Kier molecular flexibility index (Phi) is 4.14. The Hall–Kier alpha value is -1.96. The lowest BCUT2D eigenvalue weighted by molar-refractivity contribution is 0.109. The molecule has 21 heavy (non-hydrogen) atoms. The van der Waals surface area contributed by atoms with Gasteiger partial charge in [-0.25, -0.2) is 0 Å². The number of nitrogens with zero attached hydrogens (tertiary/aromatic N) is 2. The molecule has 2 unspecified atom stereocenters. The van der Waals surface area contributed by atoms with Crippen LogP contribution in [-0.4, -0.2) is 24.2 Å². The molecule has 0 amide bonds. The molecule has 1 aromatic heterocycles. The molecule has 1 aromatic carbocycles. The van der Waals surface area contributed by atoms with E-state index in [-0.39, 0.29) is 12.1 Å². The number of fused-ring (bicyclic) bond motifs is 1. The van der Waals surface area contributed by atoms with Crippen LogP contribution in [0.1, 0.15) is 30.1 Å². The number of hydrogen-bond acceptors (Lipinski definition) is 4. The maximum atomic E-state index is 9.40. The van der Waals surface area contributed by atoms with E-state index in [4.69, 9.17) is 4.74 Å². The van der Waals surface area contributed by atoms with Crippen molar-refractivity contribution >= 4 is 10.9 Å². The van der Waals surface area contributed by atoms with Crippen molar-refractivity contribution in [1.82, 2.24) is 10.3 Å². The van der Waals surface area contributed by atoms with Crippen LogP contribution in [0.5, 0.6) is 0 Å². The minimum atomic E-state index is -0.306. The average molecular weight is 281 g/mol. The maximum Gasteiger partial charge on any atom is 0.121 e. The van der Waals surface area contributed by atoms with Crippen molar-refractivity contribution in [3.05, 3.63) is 41.6 Å². The zero-order chi connectivity index (χ0) is 14.7. The normalized spacial score (nSPS) is 19.5. The van der Waals surface area contributed by atoms with Gasteiger partial charge in [0.05, 0.1) is 17.7 Å². The summed E-state index contributed by atoms with van der Waals surface area (Å²) in [5.41, 5.74) is 2.95. The number of benzene rings is 1. The second-order valence-electron chi connectivity index (χ2n) is 5.51. The molecule has 1 aliphatic rings. The monoisotopic (exact) mass is 281 g/mol. The van der Waals surface area contributed by atoms with Crippen LogP contribution in [0.3, 0.4) is 0 Å². The highest BCUT2D eigenvalue weighted by Gasteiger charge is 2.18. The molecule has 4 heteroatoms. The predicted molar refractivity (Wildman–Crippen MR) is 81.8 cm³/mol. The first-order valence-electron chi connectivity index (χ1n) is 7.38. The van der Waals surface area contributed by atoms with Crippen molar-refractivity contribution in [3.8, 4) is 6.07 Å². The number of aryl methyl sites for hydroxylation is 1. The van der Waals surface area contributed by atoms with Gasteiger partial charge in [0.1, 0.15) is 6.04 Å². The van der Waals surface area contributed by atoms with Crippen LogP contribution in [0, 0.1) is 18.3 Å². The smallest absolute Gasteiger partial charge is 0.121 e. The van der Waals surface area contributed by atoms with Crippen molar-refractivity contribution in [2.75, 3.05) is 13.2 Å². The van der Waals surface area contributed by atoms with Gasteiger partial charge in [0.25, 0.3) is 0 Å². The fourth-order valence-corrected chi connectivity index (χ4v) is 2.72. The molecular weight excluding hydrogens is 262 g/mol. The summed E-state index contributed by atoms with van der Waals surface area (Å²) < 4.78 is 5.59. The maximum absolute atomic E-state index is 9.40. The van der Waals surface area contributed by atoms with Gasteiger partial charge in [-0.2, -0.15) is 5.26 Å². The summed E-state index contributed by atoms with van der Waals surface area (Å²) in [6.07, 6.45) is 2.43. The van der Waals surface area contributed by atoms with E-state index in [0.717, 1.165) is 48.2 Å². The van der Waals surface area contributed by atoms with Crippen LogP contribution in [0.25, 0.3) is 10.9 Å². The Morgan fingerprint density at radius 3 is 3.10 bits per heavy atom. The van der Waals surface area contributed by atoms with Gasteiger partial charge in [-0.3, -0.25) is 10.3 Å². The summed E-state index contributed by atoms with van der Waals surface area (Å²) in [5.74, 6) is 0. The van der Waals surface area contributed by atoms with Crippen LogP contribution in [-0.2, 0) is 4.74 Å². The minimum absolute atomic E-state index is 0.241. The van der Waals surface area contributed by atoms with Gasteiger partial charge in [0, 0.05) is 24.2 Å². The second-order valence-corrected chi connectivity index (χ2v) is 5.51. The van der Waals surface area contributed by atoms with Crippen molar-refractivity contribution in [2.45, 2.75) is 31.9 Å². The summed E-state index contributed by atoms with van der Waals surface area (Å²) >= 11 is 0. The lowest BCUT2D eigenvalue weighted by Gasteiger charge is -2.15. The van der Waals surface area contributed by atoms with Gasteiger partial charge < -0.3 is 4.74 Å². The molecule has 2 aromatic rings. The first-order chi connectivity index (χ1) is 10.3. The Morgan fingerprint density at radius 2 is 2.33 bits per heavy atom. The number of nitrogens with one attached hydrogen (secondary N) is 1. The van der Waals surface area contributed by atoms with Gasteiger partial charge in [-0.15, -0.1) is 0 Å². The Labute approximate surface area is 124 Å². The summed E-state index contributed by atoms with van der Waals surface area (Å²) in [6.45, 7) is 3.54. The van der Waals surface area contributed by atoms with Crippen LogP contribution >= 0.6 is 0 Å². The van der Waals surface area contributed by atoms with Gasteiger partial charge in [0.15, 0.2) is 0 Å². The van der Waals surface area contributed by atoms with Crippen molar-refractivity contribution < 1.29 is 4.74 Å². The van der Waals surface area contributed by atoms with Gasteiger partial charge >= 0.3 is 0 Å². The number of ether oxygens (including phenoxy) is 1. The number of aromatic nitrogens is 1. The van der Waals surface area contributed by atoms with Gasteiger partial charge in [-0.05, 0) is 43.5 Å². The molecule has 0 spiro atoms. The molecular formula is C17H19N3O. The van der Waals surface area contributed by atoms with E-state index >= 15 is 0 Å². The van der Waals surface area contributed by atoms with Crippen LogP contribution in [0.15, 0.2) is 30.3 Å². The lowest BCUT2D eigenvalue weighted by atomic mass is 10.0. The minimum Gasteiger partial charge on any atom is -0.377 e. The molecule has 2 heterocycles. The zero-order valence-electron chi connectivity index (χ0n) is 12.2. The number of nitriles is 1. The standard InChI is InChI=1S/C17H19N3O/c1-12-4-5-13-9-14(6-7-16(13)20-12)17(10-18)19-11-15-3-2-8-21-15/h4-7,9,15,17,19H,2-3,8,11H2,1H3. The Morgan fingerprint density at radius 1 is 1.43 bits per heavy atom.